The maximum atomic E-state index is 13.1. The predicted octanol–water partition coefficient (Wildman–Crippen LogP) is 5.46. The molecule has 1 amide bonds. The van der Waals surface area contributed by atoms with Gasteiger partial charge in [-0.25, -0.2) is 0 Å². The average molecular weight is 364 g/mol. The van der Waals surface area contributed by atoms with Gasteiger partial charge in [-0.15, -0.1) is 0 Å². The molecule has 1 fully saturated rings. The molecule has 0 aromatic heterocycles. The van der Waals surface area contributed by atoms with Gasteiger partial charge < -0.3 is 10.1 Å². The van der Waals surface area contributed by atoms with E-state index in [1.54, 1.807) is 7.11 Å². The highest BCUT2D eigenvalue weighted by atomic mass is 16.5. The van der Waals surface area contributed by atoms with Crippen molar-refractivity contribution in [2.75, 3.05) is 7.11 Å². The quantitative estimate of drug-likeness (QED) is 0.565. The molecule has 2 aromatic rings. The monoisotopic (exact) mass is 363 g/mol. The first-order valence-corrected chi connectivity index (χ1v) is 9.98. The second-order valence-corrected chi connectivity index (χ2v) is 7.21. The van der Waals surface area contributed by atoms with Gasteiger partial charge in [0.1, 0.15) is 5.75 Å². The van der Waals surface area contributed by atoms with Crippen molar-refractivity contribution in [3.8, 4) is 5.75 Å². The molecule has 27 heavy (non-hydrogen) atoms. The summed E-state index contributed by atoms with van der Waals surface area (Å²) in [4.78, 5) is 13.1. The van der Waals surface area contributed by atoms with Gasteiger partial charge in [-0.1, -0.05) is 74.6 Å². The van der Waals surface area contributed by atoms with Crippen LogP contribution in [0.3, 0.4) is 0 Å². The Hall–Kier alpha value is -2.55. The van der Waals surface area contributed by atoms with E-state index in [2.05, 4.69) is 5.32 Å². The second kappa shape index (κ2) is 9.96. The van der Waals surface area contributed by atoms with Gasteiger partial charge in [-0.05, 0) is 42.2 Å². The van der Waals surface area contributed by atoms with Gasteiger partial charge >= 0.3 is 0 Å². The van der Waals surface area contributed by atoms with Crippen molar-refractivity contribution in [2.24, 2.45) is 0 Å². The molecule has 0 heterocycles. The van der Waals surface area contributed by atoms with Crippen molar-refractivity contribution in [3.05, 3.63) is 65.7 Å². The number of rotatable bonds is 5. The smallest absolute Gasteiger partial charge is 0.252 e. The van der Waals surface area contributed by atoms with Crippen molar-refractivity contribution in [1.29, 1.82) is 0 Å². The lowest BCUT2D eigenvalue weighted by Gasteiger charge is -2.22. The number of ether oxygens (including phenoxy) is 1. The molecule has 1 N–H and O–H groups in total. The number of carbonyl (C=O) groups is 1. The van der Waals surface area contributed by atoms with E-state index in [9.17, 15) is 4.79 Å². The summed E-state index contributed by atoms with van der Waals surface area (Å²) in [5, 5.41) is 3.30. The summed E-state index contributed by atoms with van der Waals surface area (Å²) in [7, 11) is 1.66. The van der Waals surface area contributed by atoms with Gasteiger partial charge in [-0.2, -0.15) is 0 Å². The number of amides is 1. The van der Waals surface area contributed by atoms with Crippen LogP contribution in [0.4, 0.5) is 0 Å². The van der Waals surface area contributed by atoms with Crippen molar-refractivity contribution in [1.82, 2.24) is 5.32 Å². The fourth-order valence-electron chi connectivity index (χ4n) is 3.63. The summed E-state index contributed by atoms with van der Waals surface area (Å²) in [6.45, 7) is 0. The SMILES string of the molecule is COc1ccc(/C=C(/C(=O)NC2CCCCCCC2)c2ccccc2)cc1. The lowest BCUT2D eigenvalue weighted by molar-refractivity contribution is -0.116. The Bertz CT molecular complexity index is 742. The number of hydrogen-bond acceptors (Lipinski definition) is 2. The summed E-state index contributed by atoms with van der Waals surface area (Å²) in [5.74, 6) is 0.829. The van der Waals surface area contributed by atoms with E-state index in [1.807, 2.05) is 60.7 Å². The molecule has 0 unspecified atom stereocenters. The minimum atomic E-state index is 0.0163. The van der Waals surface area contributed by atoms with E-state index in [4.69, 9.17) is 4.74 Å². The average Bonchev–Trinajstić information content (AvgIpc) is 2.69. The van der Waals surface area contributed by atoms with Crippen LogP contribution >= 0.6 is 0 Å². The summed E-state index contributed by atoms with van der Waals surface area (Å²) >= 11 is 0. The number of methoxy groups -OCH3 is 1. The van der Waals surface area contributed by atoms with Gasteiger partial charge in [0.25, 0.3) is 5.91 Å². The van der Waals surface area contributed by atoms with Gasteiger partial charge in [0.15, 0.2) is 0 Å². The zero-order chi connectivity index (χ0) is 18.9. The molecule has 0 radical (unpaired) electrons. The first kappa shape index (κ1) is 19.2. The van der Waals surface area contributed by atoms with E-state index >= 15 is 0 Å². The molecular weight excluding hydrogens is 334 g/mol. The van der Waals surface area contributed by atoms with Crippen LogP contribution in [0.25, 0.3) is 11.6 Å². The molecule has 3 nitrogen and oxygen atoms in total. The standard InChI is InChI=1S/C24H29NO2/c1-27-22-16-14-19(15-17-22)18-23(20-10-6-5-7-11-20)24(26)25-21-12-8-3-2-4-9-13-21/h5-7,10-11,14-18,21H,2-4,8-9,12-13H2,1H3,(H,25,26)/b23-18+. The highest BCUT2D eigenvalue weighted by Crippen LogP contribution is 2.22. The molecule has 0 aliphatic heterocycles. The summed E-state index contributed by atoms with van der Waals surface area (Å²) in [6, 6.07) is 18.0. The molecule has 3 heteroatoms. The maximum Gasteiger partial charge on any atom is 0.252 e. The van der Waals surface area contributed by atoms with Crippen molar-refractivity contribution in [3.63, 3.8) is 0 Å². The molecular formula is C24H29NO2. The molecule has 0 spiro atoms. The van der Waals surface area contributed by atoms with Gasteiger partial charge in [0.05, 0.1) is 7.11 Å². The van der Waals surface area contributed by atoms with E-state index in [1.165, 1.54) is 32.1 Å². The van der Waals surface area contributed by atoms with Crippen LogP contribution in [0.1, 0.15) is 56.1 Å². The van der Waals surface area contributed by atoms with Crippen LogP contribution in [0.5, 0.6) is 5.75 Å². The first-order chi connectivity index (χ1) is 13.3. The lowest BCUT2D eigenvalue weighted by atomic mass is 9.95. The van der Waals surface area contributed by atoms with Crippen LogP contribution in [0.2, 0.25) is 0 Å². The third kappa shape index (κ3) is 5.72. The minimum Gasteiger partial charge on any atom is -0.497 e. The maximum absolute atomic E-state index is 13.1. The van der Waals surface area contributed by atoms with Gasteiger partial charge in [0, 0.05) is 11.6 Å². The van der Waals surface area contributed by atoms with Gasteiger partial charge in [-0.3, -0.25) is 4.79 Å². The number of benzene rings is 2. The topological polar surface area (TPSA) is 38.3 Å². The fraction of sp³-hybridized carbons (Fsp3) is 0.375. The number of hydrogen-bond donors (Lipinski definition) is 1. The summed E-state index contributed by atoms with van der Waals surface area (Å²) < 4.78 is 5.23. The van der Waals surface area contributed by atoms with Crippen LogP contribution in [-0.2, 0) is 4.79 Å². The molecule has 0 atom stereocenters. The lowest BCUT2D eigenvalue weighted by Crippen LogP contribution is -2.35. The Morgan fingerprint density at radius 2 is 1.56 bits per heavy atom. The highest BCUT2D eigenvalue weighted by Gasteiger charge is 2.18. The fourth-order valence-corrected chi connectivity index (χ4v) is 3.63. The zero-order valence-electron chi connectivity index (χ0n) is 16.1. The summed E-state index contributed by atoms with van der Waals surface area (Å²) in [6.07, 6.45) is 10.4. The molecule has 1 aliphatic carbocycles. The summed E-state index contributed by atoms with van der Waals surface area (Å²) in [5.41, 5.74) is 2.64. The van der Waals surface area contributed by atoms with Crippen LogP contribution < -0.4 is 10.1 Å². The van der Waals surface area contributed by atoms with Crippen LogP contribution in [-0.4, -0.2) is 19.1 Å². The Kier molecular flexibility index (Phi) is 7.09. The molecule has 0 bridgehead atoms. The Balaban J connectivity index is 1.82. The molecule has 2 aromatic carbocycles. The van der Waals surface area contributed by atoms with E-state index in [0.717, 1.165) is 29.7 Å². The molecule has 0 saturated heterocycles. The van der Waals surface area contributed by atoms with E-state index in [-0.39, 0.29) is 11.9 Å². The Morgan fingerprint density at radius 1 is 0.926 bits per heavy atom. The third-order valence-corrected chi connectivity index (χ3v) is 5.20. The molecule has 3 rings (SSSR count). The largest absolute Gasteiger partial charge is 0.497 e. The highest BCUT2D eigenvalue weighted by molar-refractivity contribution is 6.24. The Labute approximate surface area is 162 Å². The van der Waals surface area contributed by atoms with Crippen LogP contribution in [0, 0.1) is 0 Å². The molecule has 1 aliphatic rings. The first-order valence-electron chi connectivity index (χ1n) is 9.98. The minimum absolute atomic E-state index is 0.0163. The van der Waals surface area contributed by atoms with E-state index < -0.39 is 0 Å². The van der Waals surface area contributed by atoms with E-state index in [0.29, 0.717) is 5.57 Å². The molecule has 142 valence electrons. The second-order valence-electron chi connectivity index (χ2n) is 7.21. The molecule has 1 saturated carbocycles. The van der Waals surface area contributed by atoms with Crippen molar-refractivity contribution >= 4 is 17.6 Å². The zero-order valence-corrected chi connectivity index (χ0v) is 16.1. The third-order valence-electron chi connectivity index (χ3n) is 5.20. The predicted molar refractivity (Wildman–Crippen MR) is 112 cm³/mol. The Morgan fingerprint density at radius 3 is 2.19 bits per heavy atom. The number of nitrogens with one attached hydrogen (secondary N) is 1. The van der Waals surface area contributed by atoms with Crippen LogP contribution in [0.15, 0.2) is 54.6 Å². The number of carbonyl (C=O) groups excluding carboxylic acids is 1. The van der Waals surface area contributed by atoms with Gasteiger partial charge in [0.2, 0.25) is 0 Å². The van der Waals surface area contributed by atoms with Crippen molar-refractivity contribution < 1.29 is 9.53 Å². The van der Waals surface area contributed by atoms with Crippen molar-refractivity contribution in [2.45, 2.75) is 51.0 Å². The normalized spacial score (nSPS) is 16.3.